The first-order valence-electron chi connectivity index (χ1n) is 11.1. The van der Waals surface area contributed by atoms with Crippen LogP contribution in [0.2, 0.25) is 0 Å². The average molecular weight is 510 g/mol. The van der Waals surface area contributed by atoms with Crippen LogP contribution >= 0.6 is 0 Å². The Labute approximate surface area is 206 Å². The van der Waals surface area contributed by atoms with Crippen LogP contribution in [0.1, 0.15) is 12.0 Å². The quantitative estimate of drug-likeness (QED) is 0.399. The van der Waals surface area contributed by atoms with Gasteiger partial charge >= 0.3 is 12.2 Å². The van der Waals surface area contributed by atoms with Gasteiger partial charge in [0.15, 0.2) is 11.2 Å². The summed E-state index contributed by atoms with van der Waals surface area (Å²) in [4.78, 5) is 36.0. The van der Waals surface area contributed by atoms with Crippen LogP contribution in [0, 0.1) is 0 Å². The molecule has 0 saturated carbocycles. The number of aromatic nitrogens is 4. The second kappa shape index (κ2) is 8.27. The van der Waals surface area contributed by atoms with E-state index in [4.69, 9.17) is 9.47 Å². The number of hydrogen-bond acceptors (Lipinski definition) is 7. The molecule has 3 aromatic heterocycles. The van der Waals surface area contributed by atoms with Crippen molar-refractivity contribution in [2.45, 2.75) is 18.2 Å². The van der Waals surface area contributed by atoms with Crippen molar-refractivity contribution in [1.29, 1.82) is 0 Å². The Hall–Kier alpha value is -4.52. The fourth-order valence-corrected chi connectivity index (χ4v) is 4.35. The molecule has 3 amide bonds. The van der Waals surface area contributed by atoms with Crippen LogP contribution in [0.5, 0.6) is 11.5 Å². The number of aromatic amines is 1. The largest absolute Gasteiger partial charge is 0.456 e. The fourth-order valence-electron chi connectivity index (χ4n) is 4.35. The monoisotopic (exact) mass is 510 g/mol. The summed E-state index contributed by atoms with van der Waals surface area (Å²) in [6.07, 6.45) is 0.548. The van der Waals surface area contributed by atoms with Crippen molar-refractivity contribution < 1.29 is 32.2 Å². The number of alkyl halides is 3. The first kappa shape index (κ1) is 22.9. The molecule has 2 aliphatic rings. The molecule has 13 heteroatoms. The Morgan fingerprint density at radius 2 is 1.78 bits per heavy atom. The van der Waals surface area contributed by atoms with Gasteiger partial charge in [-0.2, -0.15) is 18.3 Å². The second-order valence-electron chi connectivity index (χ2n) is 8.53. The van der Waals surface area contributed by atoms with Gasteiger partial charge in [0.05, 0.1) is 36.6 Å². The van der Waals surface area contributed by atoms with Crippen molar-refractivity contribution in [3.8, 4) is 11.5 Å². The van der Waals surface area contributed by atoms with Gasteiger partial charge in [-0.3, -0.25) is 19.8 Å². The summed E-state index contributed by atoms with van der Waals surface area (Å²) in [5.74, 6) is 0.379. The Balaban J connectivity index is 1.21. The van der Waals surface area contributed by atoms with Crippen LogP contribution in [0.15, 0.2) is 61.2 Å². The molecule has 2 aliphatic heterocycles. The third-order valence-corrected chi connectivity index (χ3v) is 6.32. The normalized spacial score (nSPS) is 20.0. The predicted molar refractivity (Wildman–Crippen MR) is 123 cm³/mol. The molecule has 1 N–H and O–H groups in total. The van der Waals surface area contributed by atoms with E-state index in [9.17, 15) is 22.8 Å². The van der Waals surface area contributed by atoms with E-state index in [-0.39, 0.29) is 36.5 Å². The molecule has 1 aromatic carbocycles. The number of urea groups is 1. The molecule has 5 heterocycles. The number of pyridine rings is 2. The number of fused-ring (bicyclic) bond motifs is 1. The molecular weight excluding hydrogens is 493 g/mol. The fraction of sp³-hybridized carbons (Fsp3) is 0.208. The third kappa shape index (κ3) is 3.74. The van der Waals surface area contributed by atoms with E-state index in [0.717, 1.165) is 21.4 Å². The number of amides is 3. The number of ether oxygens (including phenoxy) is 2. The molecule has 0 spiro atoms. The lowest BCUT2D eigenvalue weighted by atomic mass is 9.86. The third-order valence-electron chi connectivity index (χ3n) is 6.32. The molecule has 2 fully saturated rings. The molecule has 37 heavy (non-hydrogen) atoms. The number of carbonyl (C=O) groups excluding carboxylic acids is 2. The topological polar surface area (TPSA) is 114 Å². The number of halogens is 3. The molecular formula is C24H17F3N6O4. The van der Waals surface area contributed by atoms with Gasteiger partial charge in [0.25, 0.3) is 5.91 Å². The highest BCUT2D eigenvalue weighted by Crippen LogP contribution is 2.50. The minimum absolute atomic E-state index is 0.0349. The maximum Gasteiger partial charge on any atom is 0.421 e. The zero-order chi connectivity index (χ0) is 25.8. The standard InChI is InChI=1S/C24H17F3N6O4/c25-24(26,27)23(5-6-36-23)15-8-17(11-28-10-15)32-13-20(34)33(22(32)35)16-1-3-18(4-2-16)37-19-7-14-9-30-31-21(14)29-12-19/h1-4,7-12H,5-6,13H2,(H,29,30,31). The van der Waals surface area contributed by atoms with Crippen LogP contribution in [0.4, 0.5) is 29.3 Å². The molecule has 0 bridgehead atoms. The number of hydrogen-bond donors (Lipinski definition) is 1. The number of H-pyrrole nitrogens is 1. The lowest BCUT2D eigenvalue weighted by Crippen LogP contribution is -2.52. The van der Waals surface area contributed by atoms with E-state index in [1.807, 2.05) is 0 Å². The lowest BCUT2D eigenvalue weighted by Gasteiger charge is -2.43. The van der Waals surface area contributed by atoms with E-state index in [1.165, 1.54) is 30.6 Å². The maximum atomic E-state index is 13.7. The van der Waals surface area contributed by atoms with Crippen molar-refractivity contribution in [1.82, 2.24) is 20.2 Å². The van der Waals surface area contributed by atoms with E-state index in [0.29, 0.717) is 17.1 Å². The lowest BCUT2D eigenvalue weighted by molar-refractivity contribution is -0.333. The Morgan fingerprint density at radius 3 is 2.49 bits per heavy atom. The highest BCUT2D eigenvalue weighted by molar-refractivity contribution is 6.26. The van der Waals surface area contributed by atoms with Gasteiger partial charge in [0.1, 0.15) is 18.0 Å². The molecule has 1 atom stereocenters. The molecule has 0 radical (unpaired) electrons. The van der Waals surface area contributed by atoms with Crippen LogP contribution in [0.3, 0.4) is 0 Å². The Kier molecular flexibility index (Phi) is 5.12. The minimum Gasteiger partial charge on any atom is -0.456 e. The first-order valence-corrected chi connectivity index (χ1v) is 11.1. The first-order chi connectivity index (χ1) is 17.7. The van der Waals surface area contributed by atoms with Crippen molar-refractivity contribution in [3.05, 3.63) is 66.7 Å². The van der Waals surface area contributed by atoms with E-state index < -0.39 is 23.7 Å². The van der Waals surface area contributed by atoms with Gasteiger partial charge in [-0.05, 0) is 36.4 Å². The zero-order valence-electron chi connectivity index (χ0n) is 18.9. The predicted octanol–water partition coefficient (Wildman–Crippen LogP) is 4.30. The number of benzene rings is 1. The maximum absolute atomic E-state index is 13.7. The number of carbonyl (C=O) groups is 2. The second-order valence-corrected chi connectivity index (χ2v) is 8.53. The van der Waals surface area contributed by atoms with Crippen LogP contribution in [-0.4, -0.2) is 51.4 Å². The number of rotatable bonds is 5. The van der Waals surface area contributed by atoms with Crippen LogP contribution in [0.25, 0.3) is 11.0 Å². The molecule has 2 saturated heterocycles. The van der Waals surface area contributed by atoms with Gasteiger partial charge in [-0.25, -0.2) is 14.7 Å². The summed E-state index contributed by atoms with van der Waals surface area (Å²) in [6.45, 7) is -0.384. The Bertz CT molecular complexity index is 1520. The SMILES string of the molecule is O=C1CN(c2cncc(C3(C(F)(F)F)CCO3)c2)C(=O)N1c1ccc(Oc2cnc3[nH]ncc3c2)cc1. The Morgan fingerprint density at radius 1 is 1.00 bits per heavy atom. The van der Waals surface area contributed by atoms with Crippen molar-refractivity contribution in [2.24, 2.45) is 0 Å². The summed E-state index contributed by atoms with van der Waals surface area (Å²) < 4.78 is 51.8. The van der Waals surface area contributed by atoms with Gasteiger partial charge in [0.2, 0.25) is 0 Å². The smallest absolute Gasteiger partial charge is 0.421 e. The van der Waals surface area contributed by atoms with E-state index in [2.05, 4.69) is 20.2 Å². The molecule has 10 nitrogen and oxygen atoms in total. The van der Waals surface area contributed by atoms with Gasteiger partial charge in [0, 0.05) is 23.6 Å². The number of imide groups is 1. The van der Waals surface area contributed by atoms with Crippen molar-refractivity contribution in [2.75, 3.05) is 23.0 Å². The van der Waals surface area contributed by atoms with Crippen molar-refractivity contribution >= 4 is 34.3 Å². The number of nitrogens with zero attached hydrogens (tertiary/aromatic N) is 5. The van der Waals surface area contributed by atoms with E-state index >= 15 is 0 Å². The molecule has 0 aliphatic carbocycles. The summed E-state index contributed by atoms with van der Waals surface area (Å²) in [5.41, 5.74) is -1.71. The molecule has 188 valence electrons. The highest BCUT2D eigenvalue weighted by atomic mass is 19.4. The summed E-state index contributed by atoms with van der Waals surface area (Å²) in [6, 6.07) is 8.48. The summed E-state index contributed by atoms with van der Waals surface area (Å²) in [7, 11) is 0. The number of nitrogens with one attached hydrogen (secondary N) is 1. The average Bonchev–Trinajstić information content (AvgIpc) is 3.41. The van der Waals surface area contributed by atoms with Gasteiger partial charge < -0.3 is 9.47 Å². The van der Waals surface area contributed by atoms with E-state index in [1.54, 1.807) is 24.4 Å². The minimum atomic E-state index is -4.65. The van der Waals surface area contributed by atoms with Gasteiger partial charge in [-0.15, -0.1) is 0 Å². The molecule has 4 aromatic rings. The van der Waals surface area contributed by atoms with Crippen molar-refractivity contribution in [3.63, 3.8) is 0 Å². The van der Waals surface area contributed by atoms with Crippen LogP contribution in [-0.2, 0) is 15.1 Å². The summed E-state index contributed by atoms with van der Waals surface area (Å²) >= 11 is 0. The molecule has 1 unspecified atom stereocenters. The highest BCUT2D eigenvalue weighted by Gasteiger charge is 2.61. The zero-order valence-corrected chi connectivity index (χ0v) is 18.9. The van der Waals surface area contributed by atoms with Gasteiger partial charge in [-0.1, -0.05) is 0 Å². The molecule has 6 rings (SSSR count). The summed E-state index contributed by atoms with van der Waals surface area (Å²) in [5, 5.41) is 7.42. The van der Waals surface area contributed by atoms with Crippen LogP contribution < -0.4 is 14.5 Å². The number of anilines is 2.